The maximum absolute atomic E-state index is 13.9. The summed E-state index contributed by atoms with van der Waals surface area (Å²) in [5.74, 6) is -2.91. The van der Waals surface area contributed by atoms with Gasteiger partial charge in [-0.3, -0.25) is 19.2 Å². The number of ketones is 2. The van der Waals surface area contributed by atoms with Crippen molar-refractivity contribution in [3.8, 4) is 0 Å². The number of ether oxygens (including phenoxy) is 2. The minimum Gasteiger partial charge on any atom is -0.457 e. The molecule has 4 aliphatic carbocycles. The van der Waals surface area contributed by atoms with Crippen molar-refractivity contribution in [2.45, 2.75) is 78.1 Å². The van der Waals surface area contributed by atoms with Crippen molar-refractivity contribution < 1.29 is 33.8 Å². The van der Waals surface area contributed by atoms with Crippen LogP contribution in [-0.4, -0.2) is 46.4 Å². The predicted octanol–water partition coefficient (Wildman–Crippen LogP) is 1.90. The number of hydrogen-bond acceptors (Lipinski definition) is 7. The molecule has 162 valence electrons. The van der Waals surface area contributed by atoms with Gasteiger partial charge in [-0.05, 0) is 37.7 Å². The molecule has 1 N–H and O–H groups in total. The first kappa shape index (κ1) is 19.9. The lowest BCUT2D eigenvalue weighted by Crippen LogP contribution is -2.56. The molecular weight excluding hydrogens is 388 g/mol. The molecule has 5 aliphatic rings. The fourth-order valence-electron chi connectivity index (χ4n) is 7.76. The van der Waals surface area contributed by atoms with Gasteiger partial charge in [0.1, 0.15) is 17.3 Å². The van der Waals surface area contributed by atoms with Gasteiger partial charge < -0.3 is 14.6 Å². The fourth-order valence-corrected chi connectivity index (χ4v) is 7.76. The second-order valence-corrected chi connectivity index (χ2v) is 10.9. The summed E-state index contributed by atoms with van der Waals surface area (Å²) in [6.07, 6.45) is 0.231. The average molecular weight is 416 g/mol. The zero-order valence-corrected chi connectivity index (χ0v) is 18.0. The quantitative estimate of drug-likeness (QED) is 0.514. The molecule has 30 heavy (non-hydrogen) atoms. The van der Waals surface area contributed by atoms with Crippen molar-refractivity contribution in [2.24, 2.45) is 28.1 Å². The molecule has 2 saturated carbocycles. The van der Waals surface area contributed by atoms with Crippen molar-refractivity contribution in [1.29, 1.82) is 0 Å². The lowest BCUT2D eigenvalue weighted by molar-refractivity contribution is -0.160. The van der Waals surface area contributed by atoms with Crippen LogP contribution in [0.4, 0.5) is 0 Å². The number of carbonyl (C=O) groups excluding carboxylic acids is 4. The number of Topliss-reactive ketones (excluding diaryl/α,β-unsaturated/α-hetero) is 2. The molecule has 7 nitrogen and oxygen atoms in total. The summed E-state index contributed by atoms with van der Waals surface area (Å²) in [5.41, 5.74) is -3.65. The van der Waals surface area contributed by atoms with Gasteiger partial charge >= 0.3 is 11.9 Å². The van der Waals surface area contributed by atoms with E-state index in [1.165, 1.54) is 6.92 Å². The van der Waals surface area contributed by atoms with Crippen LogP contribution in [0.3, 0.4) is 0 Å². The third kappa shape index (κ3) is 1.96. The van der Waals surface area contributed by atoms with Gasteiger partial charge in [0.15, 0.2) is 11.9 Å². The van der Waals surface area contributed by atoms with E-state index in [0.717, 1.165) is 12.8 Å². The number of rotatable bonds is 1. The molecule has 0 spiro atoms. The Bertz CT molecular complexity index is 957. The van der Waals surface area contributed by atoms with Crippen LogP contribution in [0.5, 0.6) is 0 Å². The molecule has 3 fully saturated rings. The molecule has 7 unspecified atom stereocenters. The summed E-state index contributed by atoms with van der Waals surface area (Å²) < 4.78 is 11.6. The van der Waals surface area contributed by atoms with E-state index in [2.05, 4.69) is 13.8 Å². The topological polar surface area (TPSA) is 107 Å². The van der Waals surface area contributed by atoms with E-state index in [1.54, 1.807) is 13.8 Å². The van der Waals surface area contributed by atoms with Gasteiger partial charge in [0.25, 0.3) is 0 Å². The smallest absolute Gasteiger partial charge is 0.317 e. The van der Waals surface area contributed by atoms with E-state index in [0.29, 0.717) is 12.0 Å². The summed E-state index contributed by atoms with van der Waals surface area (Å²) in [7, 11) is 0. The number of carbonyl (C=O) groups is 4. The monoisotopic (exact) mass is 416 g/mol. The molecule has 0 aromatic carbocycles. The summed E-state index contributed by atoms with van der Waals surface area (Å²) in [6.45, 7) is 8.51. The lowest BCUT2D eigenvalue weighted by atomic mass is 9.49. The maximum atomic E-state index is 13.9. The lowest BCUT2D eigenvalue weighted by Gasteiger charge is -2.51. The minimum absolute atomic E-state index is 0.148. The van der Waals surface area contributed by atoms with Crippen molar-refractivity contribution in [3.05, 3.63) is 11.1 Å². The Balaban J connectivity index is 1.84. The summed E-state index contributed by atoms with van der Waals surface area (Å²) in [4.78, 5) is 52.4. The van der Waals surface area contributed by atoms with Gasteiger partial charge in [0, 0.05) is 30.8 Å². The largest absolute Gasteiger partial charge is 0.457 e. The Hall–Kier alpha value is -2.02. The maximum Gasteiger partial charge on any atom is 0.317 e. The van der Waals surface area contributed by atoms with Crippen LogP contribution in [0, 0.1) is 28.1 Å². The first-order valence-corrected chi connectivity index (χ1v) is 10.7. The summed E-state index contributed by atoms with van der Waals surface area (Å²) in [5, 5.41) is 11.2. The van der Waals surface area contributed by atoms with E-state index in [1.807, 2.05) is 0 Å². The molecule has 7 atom stereocenters. The number of hydrogen-bond donors (Lipinski definition) is 1. The molecule has 1 saturated heterocycles. The first-order chi connectivity index (χ1) is 13.8. The average Bonchev–Trinajstić information content (AvgIpc) is 3.08. The Morgan fingerprint density at radius 2 is 1.80 bits per heavy atom. The molecule has 0 aromatic heterocycles. The Morgan fingerprint density at radius 3 is 2.43 bits per heavy atom. The number of fused-ring (bicyclic) bond motifs is 2. The van der Waals surface area contributed by atoms with E-state index >= 15 is 0 Å². The molecule has 0 radical (unpaired) electrons. The Labute approximate surface area is 175 Å². The van der Waals surface area contributed by atoms with Gasteiger partial charge in [0.05, 0.1) is 11.0 Å². The highest BCUT2D eigenvalue weighted by atomic mass is 16.6. The first-order valence-electron chi connectivity index (χ1n) is 10.7. The fraction of sp³-hybridized carbons (Fsp3) is 0.739. The van der Waals surface area contributed by atoms with Gasteiger partial charge in [-0.25, -0.2) is 0 Å². The van der Waals surface area contributed by atoms with Crippen LogP contribution in [0.25, 0.3) is 0 Å². The minimum atomic E-state index is -1.47. The second-order valence-electron chi connectivity index (χ2n) is 10.9. The molecule has 1 heterocycles. The molecule has 5 rings (SSSR count). The number of aliphatic hydroxyl groups is 1. The Morgan fingerprint density at radius 1 is 1.13 bits per heavy atom. The van der Waals surface area contributed by atoms with Crippen LogP contribution in [-0.2, 0) is 28.7 Å². The van der Waals surface area contributed by atoms with Crippen molar-refractivity contribution in [1.82, 2.24) is 0 Å². The highest BCUT2D eigenvalue weighted by molar-refractivity contribution is 6.22. The second kappa shape index (κ2) is 5.42. The Kier molecular flexibility index (Phi) is 3.60. The van der Waals surface area contributed by atoms with Crippen molar-refractivity contribution >= 4 is 23.5 Å². The van der Waals surface area contributed by atoms with Crippen molar-refractivity contribution in [3.63, 3.8) is 0 Å². The summed E-state index contributed by atoms with van der Waals surface area (Å²) in [6, 6.07) is 0. The van der Waals surface area contributed by atoms with E-state index in [9.17, 15) is 24.3 Å². The molecule has 1 aliphatic heterocycles. The van der Waals surface area contributed by atoms with Crippen LogP contribution in [0.1, 0.15) is 60.3 Å². The highest BCUT2D eigenvalue weighted by Crippen LogP contribution is 2.71. The zero-order chi connectivity index (χ0) is 22.0. The van der Waals surface area contributed by atoms with Gasteiger partial charge in [-0.15, -0.1) is 0 Å². The van der Waals surface area contributed by atoms with Gasteiger partial charge in [-0.2, -0.15) is 0 Å². The molecule has 7 heteroatoms. The zero-order valence-electron chi connectivity index (χ0n) is 18.0. The van der Waals surface area contributed by atoms with E-state index < -0.39 is 52.3 Å². The third-order valence-electron chi connectivity index (χ3n) is 8.64. The van der Waals surface area contributed by atoms with E-state index in [-0.39, 0.29) is 29.1 Å². The van der Waals surface area contributed by atoms with Crippen LogP contribution >= 0.6 is 0 Å². The van der Waals surface area contributed by atoms with Crippen LogP contribution in [0.2, 0.25) is 0 Å². The number of esters is 2. The van der Waals surface area contributed by atoms with Gasteiger partial charge in [0.2, 0.25) is 0 Å². The van der Waals surface area contributed by atoms with Crippen LogP contribution in [0.15, 0.2) is 11.1 Å². The molecule has 2 bridgehead atoms. The highest BCUT2D eigenvalue weighted by Gasteiger charge is 2.79. The molecule has 0 aromatic rings. The normalized spacial score (nSPS) is 48.3. The predicted molar refractivity (Wildman–Crippen MR) is 103 cm³/mol. The molecular formula is C23H28O7. The van der Waals surface area contributed by atoms with Crippen molar-refractivity contribution in [2.75, 3.05) is 0 Å². The van der Waals surface area contributed by atoms with E-state index in [4.69, 9.17) is 9.47 Å². The molecule has 0 amide bonds. The summed E-state index contributed by atoms with van der Waals surface area (Å²) >= 11 is 0. The standard InChI is InChI=1S/C23H28O7/c1-10(24)29-14-12-13(18(26)22(5)11(25)9-21(4,28)16(12)22)23-8-6-7-20(2,3)17(23)15(14)30-19(23)27/h14-17,28H,6-9H2,1-5H3. The SMILES string of the molecule is CC(=O)OC1C2=C(C(=O)C3(C)C(=O)CC(C)(O)C23)C23CCCC(C)(C)C2C1OC3=O. The third-order valence-corrected chi connectivity index (χ3v) is 8.64. The van der Waals surface area contributed by atoms with Gasteiger partial charge in [-0.1, -0.05) is 20.3 Å². The van der Waals surface area contributed by atoms with Crippen LogP contribution < -0.4 is 0 Å².